The number of fused-ring (bicyclic) bond motifs is 4. The van der Waals surface area contributed by atoms with Crippen LogP contribution in [0.2, 0.25) is 0 Å². The molecule has 2 aromatic heterocycles. The smallest absolute Gasteiger partial charge is 0.347 e. The van der Waals surface area contributed by atoms with Crippen LogP contribution in [0, 0.1) is 0 Å². The summed E-state index contributed by atoms with van der Waals surface area (Å²) in [6, 6.07) is 21.5. The highest BCUT2D eigenvalue weighted by Gasteiger charge is 2.30. The Hall–Kier alpha value is -3.93. The van der Waals surface area contributed by atoms with E-state index in [4.69, 9.17) is 13.9 Å². The van der Waals surface area contributed by atoms with Crippen LogP contribution in [0.4, 0.5) is 0 Å². The van der Waals surface area contributed by atoms with E-state index in [0.29, 0.717) is 12.4 Å². The number of aryl methyl sites for hydroxylation is 1. The van der Waals surface area contributed by atoms with Crippen LogP contribution >= 0.6 is 0 Å². The van der Waals surface area contributed by atoms with E-state index in [1.165, 1.54) is 0 Å². The maximum absolute atomic E-state index is 11.4. The molecule has 168 valence electrons. The lowest BCUT2D eigenvalue weighted by molar-refractivity contribution is -0.152. The lowest BCUT2D eigenvalue weighted by Crippen LogP contribution is -2.37. The maximum atomic E-state index is 11.4. The van der Waals surface area contributed by atoms with Crippen molar-refractivity contribution in [2.75, 3.05) is 6.61 Å². The lowest BCUT2D eigenvalue weighted by atomic mass is 10.1. The van der Waals surface area contributed by atoms with Gasteiger partial charge in [-0.1, -0.05) is 30.3 Å². The molecule has 5 rings (SSSR count). The topological polar surface area (TPSA) is 73.8 Å². The van der Waals surface area contributed by atoms with Crippen LogP contribution in [-0.4, -0.2) is 27.9 Å². The Balaban J connectivity index is 1.30. The van der Waals surface area contributed by atoms with Crippen molar-refractivity contribution in [2.24, 2.45) is 0 Å². The second kappa shape index (κ2) is 8.20. The number of rotatable bonds is 8. The number of aliphatic carboxylic acids is 1. The standard InChI is InChI=1S/C27H25NO5/c1-27(2,26(29)30)33-22-11-5-9-20-18(22)14-16-28(20)15-7-17-31-23-12-6-13-24-25(23)19-8-3-4-10-21(19)32-24/h3-6,8-14,16H,7,15,17H2,1-2H3,(H,29,30). The van der Waals surface area contributed by atoms with E-state index in [1.54, 1.807) is 19.9 Å². The number of nitrogens with zero attached hydrogens (tertiary/aromatic N) is 1. The zero-order valence-corrected chi connectivity index (χ0v) is 18.6. The molecule has 0 aliphatic heterocycles. The summed E-state index contributed by atoms with van der Waals surface area (Å²) >= 11 is 0. The van der Waals surface area contributed by atoms with Gasteiger partial charge in [0.2, 0.25) is 0 Å². The number of benzene rings is 3. The molecule has 1 N–H and O–H groups in total. The van der Waals surface area contributed by atoms with Crippen LogP contribution in [0.25, 0.3) is 32.8 Å². The average Bonchev–Trinajstić information content (AvgIpc) is 3.39. The molecule has 0 unspecified atom stereocenters. The van der Waals surface area contributed by atoms with Crippen molar-refractivity contribution in [3.05, 3.63) is 72.9 Å². The Labute approximate surface area is 190 Å². The van der Waals surface area contributed by atoms with Crippen molar-refractivity contribution >= 4 is 38.8 Å². The van der Waals surface area contributed by atoms with Gasteiger partial charge in [-0.2, -0.15) is 0 Å². The average molecular weight is 443 g/mol. The molecule has 0 aliphatic rings. The van der Waals surface area contributed by atoms with Gasteiger partial charge >= 0.3 is 5.97 Å². The number of carboxylic acids is 1. The van der Waals surface area contributed by atoms with Crippen LogP contribution in [0.3, 0.4) is 0 Å². The summed E-state index contributed by atoms with van der Waals surface area (Å²) in [6.45, 7) is 4.41. The molecule has 0 saturated carbocycles. The predicted octanol–water partition coefficient (Wildman–Crippen LogP) is 6.25. The zero-order chi connectivity index (χ0) is 23.0. The molecule has 6 nitrogen and oxygen atoms in total. The van der Waals surface area contributed by atoms with Crippen molar-refractivity contribution < 1.29 is 23.8 Å². The highest BCUT2D eigenvalue weighted by molar-refractivity contribution is 6.08. The number of hydrogen-bond donors (Lipinski definition) is 1. The van der Waals surface area contributed by atoms with Gasteiger partial charge in [0.15, 0.2) is 5.60 Å². The van der Waals surface area contributed by atoms with Gasteiger partial charge in [0.1, 0.15) is 22.7 Å². The van der Waals surface area contributed by atoms with Gasteiger partial charge in [-0.3, -0.25) is 0 Å². The predicted molar refractivity (Wildman–Crippen MR) is 128 cm³/mol. The van der Waals surface area contributed by atoms with E-state index in [2.05, 4.69) is 4.57 Å². The van der Waals surface area contributed by atoms with Crippen molar-refractivity contribution in [2.45, 2.75) is 32.4 Å². The third-order valence-electron chi connectivity index (χ3n) is 5.82. The van der Waals surface area contributed by atoms with Gasteiger partial charge in [0, 0.05) is 23.5 Å². The number of furan rings is 1. The van der Waals surface area contributed by atoms with Crippen LogP contribution in [0.15, 0.2) is 77.3 Å². The normalized spacial score (nSPS) is 11.9. The third kappa shape index (κ3) is 3.89. The highest BCUT2D eigenvalue weighted by Crippen LogP contribution is 2.35. The minimum Gasteiger partial charge on any atom is -0.493 e. The molecule has 33 heavy (non-hydrogen) atoms. The van der Waals surface area contributed by atoms with E-state index < -0.39 is 11.6 Å². The first kappa shape index (κ1) is 20.9. The fourth-order valence-electron chi connectivity index (χ4n) is 4.08. The van der Waals surface area contributed by atoms with Gasteiger partial charge in [-0.15, -0.1) is 0 Å². The summed E-state index contributed by atoms with van der Waals surface area (Å²) in [5, 5.41) is 12.3. The van der Waals surface area contributed by atoms with Crippen LogP contribution in [0.1, 0.15) is 20.3 Å². The Morgan fingerprint density at radius 1 is 0.939 bits per heavy atom. The molecule has 0 aliphatic carbocycles. The summed E-state index contributed by atoms with van der Waals surface area (Å²) in [7, 11) is 0. The first-order chi connectivity index (χ1) is 15.9. The van der Waals surface area contributed by atoms with E-state index in [-0.39, 0.29) is 0 Å². The molecule has 0 atom stereocenters. The molecule has 0 amide bonds. The summed E-state index contributed by atoms with van der Waals surface area (Å²) in [5.41, 5.74) is 1.37. The molecule has 0 spiro atoms. The summed E-state index contributed by atoms with van der Waals surface area (Å²) in [4.78, 5) is 11.4. The number of para-hydroxylation sites is 1. The summed E-state index contributed by atoms with van der Waals surface area (Å²) in [5.74, 6) is 0.381. The molecular formula is C27H25NO5. The van der Waals surface area contributed by atoms with Crippen LogP contribution in [-0.2, 0) is 11.3 Å². The third-order valence-corrected chi connectivity index (χ3v) is 5.82. The lowest BCUT2D eigenvalue weighted by Gasteiger charge is -2.22. The monoisotopic (exact) mass is 443 g/mol. The summed E-state index contributed by atoms with van der Waals surface area (Å²) in [6.07, 6.45) is 2.80. The molecule has 5 aromatic rings. The molecule has 0 fully saturated rings. The molecule has 0 saturated heterocycles. The number of ether oxygens (including phenoxy) is 2. The van der Waals surface area contributed by atoms with Crippen molar-refractivity contribution in [3.8, 4) is 11.5 Å². The first-order valence-electron chi connectivity index (χ1n) is 11.0. The highest BCUT2D eigenvalue weighted by atomic mass is 16.5. The van der Waals surface area contributed by atoms with E-state index in [9.17, 15) is 9.90 Å². The Bertz CT molecular complexity index is 1460. The van der Waals surface area contributed by atoms with E-state index in [0.717, 1.165) is 51.6 Å². The number of aromatic nitrogens is 1. The molecular weight excluding hydrogens is 418 g/mol. The van der Waals surface area contributed by atoms with Gasteiger partial charge in [0.05, 0.1) is 17.5 Å². The fourth-order valence-corrected chi connectivity index (χ4v) is 4.08. The largest absolute Gasteiger partial charge is 0.493 e. The Morgan fingerprint density at radius 3 is 2.55 bits per heavy atom. The summed E-state index contributed by atoms with van der Waals surface area (Å²) < 4.78 is 20.0. The molecule has 0 bridgehead atoms. The quantitative estimate of drug-likeness (QED) is 0.287. The van der Waals surface area contributed by atoms with Crippen LogP contribution < -0.4 is 9.47 Å². The van der Waals surface area contributed by atoms with Gasteiger partial charge in [-0.05, 0) is 56.7 Å². The van der Waals surface area contributed by atoms with Gasteiger partial charge in [0.25, 0.3) is 0 Å². The zero-order valence-electron chi connectivity index (χ0n) is 18.6. The Morgan fingerprint density at radius 2 is 1.70 bits per heavy atom. The Kier molecular flexibility index (Phi) is 5.21. The van der Waals surface area contributed by atoms with Gasteiger partial charge in [-0.25, -0.2) is 4.79 Å². The number of carboxylic acid groups (broad SMARTS) is 1. The van der Waals surface area contributed by atoms with Crippen molar-refractivity contribution in [1.29, 1.82) is 0 Å². The molecule has 6 heteroatoms. The minimum absolute atomic E-state index is 0.556. The van der Waals surface area contributed by atoms with Gasteiger partial charge < -0.3 is 23.6 Å². The maximum Gasteiger partial charge on any atom is 0.347 e. The minimum atomic E-state index is -1.30. The number of hydrogen-bond acceptors (Lipinski definition) is 4. The molecule has 2 heterocycles. The second-order valence-electron chi connectivity index (χ2n) is 8.55. The fraction of sp³-hybridized carbons (Fsp3) is 0.222. The number of carbonyl (C=O) groups is 1. The molecule has 3 aromatic carbocycles. The van der Waals surface area contributed by atoms with Crippen molar-refractivity contribution in [3.63, 3.8) is 0 Å². The van der Waals surface area contributed by atoms with E-state index >= 15 is 0 Å². The van der Waals surface area contributed by atoms with Crippen LogP contribution in [0.5, 0.6) is 11.5 Å². The second-order valence-corrected chi connectivity index (χ2v) is 8.55. The molecule has 0 radical (unpaired) electrons. The first-order valence-corrected chi connectivity index (χ1v) is 11.0. The van der Waals surface area contributed by atoms with E-state index in [1.807, 2.05) is 66.9 Å². The van der Waals surface area contributed by atoms with Crippen molar-refractivity contribution in [1.82, 2.24) is 4.57 Å². The SMILES string of the molecule is CC(C)(Oc1cccc2c1ccn2CCCOc1cccc2oc3ccccc3c12)C(=O)O.